The van der Waals surface area contributed by atoms with E-state index in [0.717, 1.165) is 42.7 Å². The number of hydrogen-bond acceptors (Lipinski definition) is 5. The molecule has 1 saturated heterocycles. The monoisotopic (exact) mass is 357 g/mol. The second-order valence-electron chi connectivity index (χ2n) is 6.04. The molecule has 7 heteroatoms. The number of benzene rings is 1. The van der Waals surface area contributed by atoms with Crippen LogP contribution in [0.4, 0.5) is 0 Å². The maximum atomic E-state index is 12.4. The van der Waals surface area contributed by atoms with Gasteiger partial charge in [-0.05, 0) is 7.05 Å². The number of aromatic nitrogens is 3. The number of nitrogens with zero attached hydrogens (tertiary/aromatic N) is 5. The number of carbonyl (C=O) groups is 1. The van der Waals surface area contributed by atoms with Crippen molar-refractivity contribution in [2.75, 3.05) is 39.0 Å². The quantitative estimate of drug-likeness (QED) is 0.585. The molecule has 0 bridgehead atoms. The number of thioether (sulfide) groups is 1. The molecule has 1 aliphatic heterocycles. The predicted octanol–water partition coefficient (Wildman–Crippen LogP) is 2.00. The van der Waals surface area contributed by atoms with Crippen molar-refractivity contribution in [1.29, 1.82) is 0 Å². The molecule has 3 rings (SSSR count). The summed E-state index contributed by atoms with van der Waals surface area (Å²) in [5.74, 6) is 1.34. The average Bonchev–Trinajstić information content (AvgIpc) is 3.04. The molecule has 0 radical (unpaired) electrons. The van der Waals surface area contributed by atoms with Gasteiger partial charge in [0.2, 0.25) is 5.91 Å². The van der Waals surface area contributed by atoms with Gasteiger partial charge in [-0.15, -0.1) is 16.8 Å². The molecule has 1 amide bonds. The van der Waals surface area contributed by atoms with Gasteiger partial charge in [0.1, 0.15) is 0 Å². The van der Waals surface area contributed by atoms with E-state index >= 15 is 0 Å². The molecule has 132 valence electrons. The van der Waals surface area contributed by atoms with Crippen LogP contribution in [0, 0.1) is 0 Å². The Morgan fingerprint density at radius 1 is 1.20 bits per heavy atom. The fraction of sp³-hybridized carbons (Fsp3) is 0.389. The lowest BCUT2D eigenvalue weighted by atomic mass is 10.2. The second-order valence-corrected chi connectivity index (χ2v) is 6.99. The average molecular weight is 357 g/mol. The molecular weight excluding hydrogens is 334 g/mol. The van der Waals surface area contributed by atoms with Gasteiger partial charge in [0.15, 0.2) is 11.0 Å². The zero-order chi connectivity index (χ0) is 17.6. The van der Waals surface area contributed by atoms with E-state index in [4.69, 9.17) is 0 Å². The first-order valence-corrected chi connectivity index (χ1v) is 9.36. The fourth-order valence-corrected chi connectivity index (χ4v) is 3.61. The summed E-state index contributed by atoms with van der Waals surface area (Å²) >= 11 is 1.44. The highest BCUT2D eigenvalue weighted by molar-refractivity contribution is 7.99. The minimum atomic E-state index is 0.160. The van der Waals surface area contributed by atoms with E-state index in [1.165, 1.54) is 11.8 Å². The smallest absolute Gasteiger partial charge is 0.233 e. The minimum Gasteiger partial charge on any atom is -0.339 e. The Morgan fingerprint density at radius 3 is 2.60 bits per heavy atom. The molecule has 1 aromatic heterocycles. The predicted molar refractivity (Wildman–Crippen MR) is 100 cm³/mol. The van der Waals surface area contributed by atoms with Gasteiger partial charge in [-0.3, -0.25) is 9.36 Å². The van der Waals surface area contributed by atoms with Crippen molar-refractivity contribution in [1.82, 2.24) is 24.6 Å². The fourth-order valence-electron chi connectivity index (χ4n) is 2.76. The molecule has 0 unspecified atom stereocenters. The second kappa shape index (κ2) is 8.31. The van der Waals surface area contributed by atoms with Crippen LogP contribution >= 0.6 is 11.8 Å². The van der Waals surface area contributed by atoms with Crippen LogP contribution in [0.25, 0.3) is 11.4 Å². The summed E-state index contributed by atoms with van der Waals surface area (Å²) in [6, 6.07) is 9.95. The van der Waals surface area contributed by atoms with E-state index in [-0.39, 0.29) is 5.91 Å². The van der Waals surface area contributed by atoms with E-state index in [0.29, 0.717) is 12.3 Å². The van der Waals surface area contributed by atoms with Crippen molar-refractivity contribution in [2.24, 2.45) is 0 Å². The lowest BCUT2D eigenvalue weighted by Gasteiger charge is -2.32. The summed E-state index contributed by atoms with van der Waals surface area (Å²) in [4.78, 5) is 16.6. The van der Waals surface area contributed by atoms with E-state index in [1.54, 1.807) is 0 Å². The molecule has 25 heavy (non-hydrogen) atoms. The largest absolute Gasteiger partial charge is 0.339 e. The van der Waals surface area contributed by atoms with Crippen molar-refractivity contribution < 1.29 is 4.79 Å². The molecule has 1 fully saturated rings. The Labute approximate surface area is 152 Å². The minimum absolute atomic E-state index is 0.160. The van der Waals surface area contributed by atoms with Gasteiger partial charge in [0.05, 0.1) is 5.75 Å². The highest BCUT2D eigenvalue weighted by atomic mass is 32.2. The molecule has 0 aliphatic carbocycles. The summed E-state index contributed by atoms with van der Waals surface area (Å²) in [5.41, 5.74) is 1.01. The number of piperazine rings is 1. The molecule has 1 aliphatic rings. The van der Waals surface area contributed by atoms with Crippen molar-refractivity contribution in [3.63, 3.8) is 0 Å². The van der Waals surface area contributed by atoms with Crippen molar-refractivity contribution in [3.8, 4) is 11.4 Å². The van der Waals surface area contributed by atoms with Crippen molar-refractivity contribution in [2.45, 2.75) is 11.7 Å². The Bertz CT molecular complexity index is 722. The summed E-state index contributed by atoms with van der Waals surface area (Å²) in [6.07, 6.45) is 1.82. The number of allylic oxidation sites excluding steroid dienone is 1. The van der Waals surface area contributed by atoms with E-state index in [2.05, 4.69) is 28.7 Å². The highest BCUT2D eigenvalue weighted by Gasteiger charge is 2.20. The van der Waals surface area contributed by atoms with Gasteiger partial charge < -0.3 is 9.80 Å². The lowest BCUT2D eigenvalue weighted by Crippen LogP contribution is -2.47. The van der Waals surface area contributed by atoms with Gasteiger partial charge in [-0.1, -0.05) is 48.2 Å². The molecular formula is C18H23N5OS. The van der Waals surface area contributed by atoms with Crippen LogP contribution in [-0.4, -0.2) is 69.5 Å². The molecule has 0 atom stereocenters. The third-order valence-electron chi connectivity index (χ3n) is 4.24. The third kappa shape index (κ3) is 4.29. The van der Waals surface area contributed by atoms with Crippen LogP contribution in [-0.2, 0) is 11.3 Å². The zero-order valence-electron chi connectivity index (χ0n) is 14.5. The van der Waals surface area contributed by atoms with Gasteiger partial charge in [-0.25, -0.2) is 0 Å². The van der Waals surface area contributed by atoms with E-state index in [9.17, 15) is 4.79 Å². The summed E-state index contributed by atoms with van der Waals surface area (Å²) in [7, 11) is 2.08. The summed E-state index contributed by atoms with van der Waals surface area (Å²) in [6.45, 7) is 7.89. The highest BCUT2D eigenvalue weighted by Crippen LogP contribution is 2.24. The Hall–Kier alpha value is -2.12. The molecule has 1 aromatic carbocycles. The van der Waals surface area contributed by atoms with Gasteiger partial charge in [0, 0.05) is 38.3 Å². The molecule has 0 saturated carbocycles. The van der Waals surface area contributed by atoms with Crippen LogP contribution in [0.3, 0.4) is 0 Å². The van der Waals surface area contributed by atoms with E-state index in [1.807, 2.05) is 45.9 Å². The van der Waals surface area contributed by atoms with Gasteiger partial charge in [0.25, 0.3) is 0 Å². The number of likely N-dealkylation sites (N-methyl/N-ethyl adjacent to an activating group) is 1. The molecule has 2 heterocycles. The summed E-state index contributed by atoms with van der Waals surface area (Å²) < 4.78 is 2.00. The molecule has 2 aromatic rings. The van der Waals surface area contributed by atoms with E-state index < -0.39 is 0 Å². The topological polar surface area (TPSA) is 54.3 Å². The van der Waals surface area contributed by atoms with Crippen LogP contribution in [0.1, 0.15) is 0 Å². The lowest BCUT2D eigenvalue weighted by molar-refractivity contribution is -0.129. The van der Waals surface area contributed by atoms with Gasteiger partial charge >= 0.3 is 0 Å². The normalized spacial score (nSPS) is 15.3. The van der Waals surface area contributed by atoms with Crippen LogP contribution in [0.15, 0.2) is 48.1 Å². The van der Waals surface area contributed by atoms with Crippen LogP contribution in [0.2, 0.25) is 0 Å². The Kier molecular flexibility index (Phi) is 5.88. The van der Waals surface area contributed by atoms with Crippen LogP contribution < -0.4 is 0 Å². The Morgan fingerprint density at radius 2 is 1.92 bits per heavy atom. The SMILES string of the molecule is C=CCn1c(SCC(=O)N2CCN(C)CC2)nnc1-c1ccccc1. The standard InChI is InChI=1S/C18H23N5OS/c1-3-9-23-17(15-7-5-4-6-8-15)19-20-18(23)25-14-16(24)22-12-10-21(2)11-13-22/h3-8H,1,9-14H2,2H3. The number of amides is 1. The maximum Gasteiger partial charge on any atom is 0.233 e. The molecule has 0 N–H and O–H groups in total. The third-order valence-corrected chi connectivity index (χ3v) is 5.19. The van der Waals surface area contributed by atoms with Crippen molar-refractivity contribution >= 4 is 17.7 Å². The van der Waals surface area contributed by atoms with Gasteiger partial charge in [-0.2, -0.15) is 0 Å². The summed E-state index contributed by atoms with van der Waals surface area (Å²) in [5, 5.41) is 9.36. The Balaban J connectivity index is 1.69. The molecule has 6 nitrogen and oxygen atoms in total. The zero-order valence-corrected chi connectivity index (χ0v) is 15.3. The number of carbonyl (C=O) groups excluding carboxylic acids is 1. The number of hydrogen-bond donors (Lipinski definition) is 0. The number of rotatable bonds is 6. The first kappa shape index (κ1) is 17.7. The van der Waals surface area contributed by atoms with Crippen molar-refractivity contribution in [3.05, 3.63) is 43.0 Å². The van der Waals surface area contributed by atoms with Crippen LogP contribution in [0.5, 0.6) is 0 Å². The first-order valence-electron chi connectivity index (χ1n) is 8.37. The maximum absolute atomic E-state index is 12.4. The molecule has 0 spiro atoms. The first-order chi connectivity index (χ1) is 12.2.